The minimum Gasteiger partial charge on any atom is -0.307 e. The topological polar surface area (TPSA) is 61.6 Å². The summed E-state index contributed by atoms with van der Waals surface area (Å²) in [6.07, 6.45) is 5.08. The van der Waals surface area contributed by atoms with Gasteiger partial charge in [0.05, 0.1) is 17.3 Å². The number of hydrogen-bond acceptors (Lipinski definition) is 4. The van der Waals surface area contributed by atoms with Gasteiger partial charge in [-0.15, -0.1) is 0 Å². The Kier molecular flexibility index (Phi) is 3.79. The van der Waals surface area contributed by atoms with Crippen LogP contribution in [0.5, 0.6) is 0 Å². The Balaban J connectivity index is 1.84. The standard InChI is InChI=1S/C13H12N4/c14-7-11-1-3-12(4-2-11)8-16-10-13-9-15-5-6-17-13/h1-6,9,16H,8,10H2. The van der Waals surface area contributed by atoms with Gasteiger partial charge in [0.2, 0.25) is 0 Å². The van der Waals surface area contributed by atoms with E-state index in [9.17, 15) is 0 Å². The fraction of sp³-hybridized carbons (Fsp3) is 0.154. The van der Waals surface area contributed by atoms with E-state index < -0.39 is 0 Å². The highest BCUT2D eigenvalue weighted by molar-refractivity contribution is 5.31. The molecule has 0 aliphatic rings. The van der Waals surface area contributed by atoms with Crippen LogP contribution in [-0.2, 0) is 13.1 Å². The van der Waals surface area contributed by atoms with Crippen LogP contribution < -0.4 is 5.32 Å². The van der Waals surface area contributed by atoms with Gasteiger partial charge >= 0.3 is 0 Å². The van der Waals surface area contributed by atoms with Gasteiger partial charge in [-0.3, -0.25) is 9.97 Å². The Morgan fingerprint density at radius 2 is 1.94 bits per heavy atom. The Labute approximate surface area is 100.0 Å². The van der Waals surface area contributed by atoms with Crippen molar-refractivity contribution < 1.29 is 0 Å². The van der Waals surface area contributed by atoms with Gasteiger partial charge in [-0.2, -0.15) is 5.26 Å². The van der Waals surface area contributed by atoms with Crippen LogP contribution in [0.1, 0.15) is 16.8 Å². The summed E-state index contributed by atoms with van der Waals surface area (Å²) in [4.78, 5) is 8.16. The maximum atomic E-state index is 8.67. The zero-order valence-corrected chi connectivity index (χ0v) is 9.30. The van der Waals surface area contributed by atoms with Crippen LogP contribution in [0.3, 0.4) is 0 Å². The average molecular weight is 224 g/mol. The molecule has 0 amide bonds. The normalized spacial score (nSPS) is 9.82. The van der Waals surface area contributed by atoms with E-state index in [-0.39, 0.29) is 0 Å². The Bertz CT molecular complexity index is 499. The van der Waals surface area contributed by atoms with Crippen molar-refractivity contribution >= 4 is 0 Å². The monoisotopic (exact) mass is 224 g/mol. The number of nitrogens with zero attached hydrogens (tertiary/aromatic N) is 3. The molecule has 17 heavy (non-hydrogen) atoms. The molecule has 4 nitrogen and oxygen atoms in total. The first-order chi connectivity index (χ1) is 8.38. The molecule has 0 fully saturated rings. The average Bonchev–Trinajstić information content (AvgIpc) is 2.41. The predicted octanol–water partition coefficient (Wildman–Crippen LogP) is 1.64. The third kappa shape index (κ3) is 3.37. The molecular weight excluding hydrogens is 212 g/mol. The van der Waals surface area contributed by atoms with E-state index in [2.05, 4.69) is 21.4 Å². The smallest absolute Gasteiger partial charge is 0.0991 e. The van der Waals surface area contributed by atoms with E-state index in [1.54, 1.807) is 18.6 Å². The number of hydrogen-bond donors (Lipinski definition) is 1. The van der Waals surface area contributed by atoms with Crippen LogP contribution in [-0.4, -0.2) is 9.97 Å². The van der Waals surface area contributed by atoms with Crippen molar-refractivity contribution in [1.29, 1.82) is 5.26 Å². The summed E-state index contributed by atoms with van der Waals surface area (Å²) in [5.74, 6) is 0. The number of nitrogens with one attached hydrogen (secondary N) is 1. The van der Waals surface area contributed by atoms with Crippen LogP contribution >= 0.6 is 0 Å². The lowest BCUT2D eigenvalue weighted by Gasteiger charge is -2.04. The second-order valence-corrected chi connectivity index (χ2v) is 3.61. The van der Waals surface area contributed by atoms with Crippen molar-refractivity contribution in [2.75, 3.05) is 0 Å². The van der Waals surface area contributed by atoms with Gasteiger partial charge in [-0.1, -0.05) is 12.1 Å². The van der Waals surface area contributed by atoms with Crippen LogP contribution in [0, 0.1) is 11.3 Å². The summed E-state index contributed by atoms with van der Waals surface area (Å²) >= 11 is 0. The van der Waals surface area contributed by atoms with Gasteiger partial charge in [0.25, 0.3) is 0 Å². The Morgan fingerprint density at radius 3 is 2.59 bits per heavy atom. The van der Waals surface area contributed by atoms with Crippen molar-refractivity contribution in [2.24, 2.45) is 0 Å². The molecule has 0 saturated carbocycles. The summed E-state index contributed by atoms with van der Waals surface area (Å²) in [5.41, 5.74) is 2.75. The zero-order chi connectivity index (χ0) is 11.9. The summed E-state index contributed by atoms with van der Waals surface area (Å²) in [6.45, 7) is 1.44. The molecule has 0 radical (unpaired) electrons. The van der Waals surface area contributed by atoms with Crippen LogP contribution in [0.15, 0.2) is 42.9 Å². The third-order valence-electron chi connectivity index (χ3n) is 2.33. The summed E-state index contributed by atoms with van der Waals surface area (Å²) in [6, 6.07) is 9.63. The van der Waals surface area contributed by atoms with Crippen molar-refractivity contribution in [3.63, 3.8) is 0 Å². The molecule has 2 rings (SSSR count). The van der Waals surface area contributed by atoms with Crippen LogP contribution in [0.25, 0.3) is 0 Å². The Morgan fingerprint density at radius 1 is 1.12 bits per heavy atom. The first-order valence-electron chi connectivity index (χ1n) is 5.33. The second-order valence-electron chi connectivity index (χ2n) is 3.61. The SMILES string of the molecule is N#Cc1ccc(CNCc2cnccn2)cc1. The third-order valence-corrected chi connectivity index (χ3v) is 2.33. The Hall–Kier alpha value is -2.25. The molecule has 0 saturated heterocycles. The first-order valence-corrected chi connectivity index (χ1v) is 5.33. The van der Waals surface area contributed by atoms with E-state index in [4.69, 9.17) is 5.26 Å². The molecule has 1 aromatic carbocycles. The molecule has 0 spiro atoms. The molecule has 1 heterocycles. The van der Waals surface area contributed by atoms with E-state index >= 15 is 0 Å². The second kappa shape index (κ2) is 5.73. The van der Waals surface area contributed by atoms with Gasteiger partial charge in [0, 0.05) is 31.7 Å². The lowest BCUT2D eigenvalue weighted by molar-refractivity contribution is 0.677. The van der Waals surface area contributed by atoms with Crippen molar-refractivity contribution in [2.45, 2.75) is 13.1 Å². The van der Waals surface area contributed by atoms with Gasteiger partial charge in [-0.25, -0.2) is 0 Å². The predicted molar refractivity (Wildman–Crippen MR) is 63.7 cm³/mol. The molecule has 1 aromatic heterocycles. The molecule has 1 N–H and O–H groups in total. The number of nitriles is 1. The lowest BCUT2D eigenvalue weighted by atomic mass is 10.1. The number of rotatable bonds is 4. The van der Waals surface area contributed by atoms with E-state index in [0.29, 0.717) is 12.1 Å². The highest BCUT2D eigenvalue weighted by atomic mass is 14.9. The highest BCUT2D eigenvalue weighted by Gasteiger charge is 1.95. The van der Waals surface area contributed by atoms with Crippen molar-refractivity contribution in [1.82, 2.24) is 15.3 Å². The quantitative estimate of drug-likeness (QED) is 0.857. The van der Waals surface area contributed by atoms with Crippen molar-refractivity contribution in [3.8, 4) is 6.07 Å². The summed E-state index contributed by atoms with van der Waals surface area (Å²) in [7, 11) is 0. The van der Waals surface area contributed by atoms with E-state index in [1.165, 1.54) is 0 Å². The number of aromatic nitrogens is 2. The molecule has 84 valence electrons. The van der Waals surface area contributed by atoms with Gasteiger partial charge in [0.1, 0.15) is 0 Å². The highest BCUT2D eigenvalue weighted by Crippen LogP contribution is 2.03. The molecule has 2 aromatic rings. The number of benzene rings is 1. The maximum Gasteiger partial charge on any atom is 0.0991 e. The summed E-state index contributed by atoms with van der Waals surface area (Å²) < 4.78 is 0. The van der Waals surface area contributed by atoms with Crippen molar-refractivity contribution in [3.05, 3.63) is 59.7 Å². The fourth-order valence-corrected chi connectivity index (χ4v) is 1.45. The van der Waals surface area contributed by atoms with Gasteiger partial charge in [-0.05, 0) is 17.7 Å². The molecule has 0 aliphatic carbocycles. The molecular formula is C13H12N4. The van der Waals surface area contributed by atoms with Gasteiger partial charge < -0.3 is 5.32 Å². The fourth-order valence-electron chi connectivity index (χ4n) is 1.45. The van der Waals surface area contributed by atoms with Gasteiger partial charge in [0.15, 0.2) is 0 Å². The molecule has 0 bridgehead atoms. The van der Waals surface area contributed by atoms with E-state index in [0.717, 1.165) is 17.8 Å². The molecule has 4 heteroatoms. The minimum atomic E-state index is 0.683. The van der Waals surface area contributed by atoms with E-state index in [1.807, 2.05) is 24.3 Å². The van der Waals surface area contributed by atoms with Crippen LogP contribution in [0.4, 0.5) is 0 Å². The lowest BCUT2D eigenvalue weighted by Crippen LogP contribution is -2.13. The minimum absolute atomic E-state index is 0.683. The molecule has 0 aliphatic heterocycles. The first kappa shape index (κ1) is 11.2. The van der Waals surface area contributed by atoms with Crippen LogP contribution in [0.2, 0.25) is 0 Å². The zero-order valence-electron chi connectivity index (χ0n) is 9.30. The largest absolute Gasteiger partial charge is 0.307 e. The molecule has 0 atom stereocenters. The maximum absolute atomic E-state index is 8.67. The molecule has 0 unspecified atom stereocenters. The summed E-state index contributed by atoms with van der Waals surface area (Å²) in [5, 5.41) is 11.9.